The summed E-state index contributed by atoms with van der Waals surface area (Å²) in [4.78, 5) is 11.5. The van der Waals surface area contributed by atoms with Gasteiger partial charge < -0.3 is 35.3 Å². The number of hydrogen-bond acceptors (Lipinski definition) is 8. The molecule has 1 saturated heterocycles. The van der Waals surface area contributed by atoms with Gasteiger partial charge in [0.15, 0.2) is 0 Å². The summed E-state index contributed by atoms with van der Waals surface area (Å²) in [5.41, 5.74) is -0.966. The zero-order valence-corrected chi connectivity index (χ0v) is 10.5. The lowest BCUT2D eigenvalue weighted by atomic mass is 9.98. The van der Waals surface area contributed by atoms with Crippen molar-refractivity contribution in [2.45, 2.75) is 31.3 Å². The molecule has 4 atom stereocenters. The van der Waals surface area contributed by atoms with Crippen molar-refractivity contribution in [1.82, 2.24) is 0 Å². The van der Waals surface area contributed by atoms with Crippen LogP contribution < -0.4 is 0 Å². The van der Waals surface area contributed by atoms with E-state index in [-0.39, 0.29) is 0 Å². The van der Waals surface area contributed by atoms with E-state index in [0.29, 0.717) is 0 Å². The number of ether oxygens (including phenoxy) is 2. The SMILES string of the molecule is COC(=O)/C(C(=N)[C@@H]1O[C@H](CO)[C@@H](O)[C@H]1O)=C(/C)O. The highest BCUT2D eigenvalue weighted by atomic mass is 16.6. The molecule has 108 valence electrons. The molecular formula is C11H17NO7. The van der Waals surface area contributed by atoms with Gasteiger partial charge in [-0.3, -0.25) is 0 Å². The van der Waals surface area contributed by atoms with E-state index in [9.17, 15) is 20.1 Å². The lowest BCUT2D eigenvalue weighted by Gasteiger charge is -2.17. The molecule has 0 spiro atoms. The molecule has 19 heavy (non-hydrogen) atoms. The highest BCUT2D eigenvalue weighted by Crippen LogP contribution is 2.25. The number of carbonyl (C=O) groups excluding carboxylic acids is 1. The molecular weight excluding hydrogens is 258 g/mol. The van der Waals surface area contributed by atoms with Gasteiger partial charge in [-0.25, -0.2) is 4.79 Å². The smallest absolute Gasteiger partial charge is 0.343 e. The number of aliphatic hydroxyl groups excluding tert-OH is 4. The fourth-order valence-electron chi connectivity index (χ4n) is 1.84. The number of carbonyl (C=O) groups is 1. The van der Waals surface area contributed by atoms with E-state index in [0.717, 1.165) is 7.11 Å². The molecule has 0 aromatic carbocycles. The Labute approximate surface area is 109 Å². The van der Waals surface area contributed by atoms with Crippen LogP contribution in [0.25, 0.3) is 0 Å². The molecule has 0 aromatic heterocycles. The molecule has 1 heterocycles. The fourth-order valence-corrected chi connectivity index (χ4v) is 1.84. The molecule has 0 radical (unpaired) electrons. The summed E-state index contributed by atoms with van der Waals surface area (Å²) in [5.74, 6) is -1.42. The maximum atomic E-state index is 11.5. The topological polar surface area (TPSA) is 140 Å². The standard InChI is InChI=1S/C11H17NO7/c1-4(14)6(11(17)18-2)7(12)10-9(16)8(15)5(3-13)19-10/h5,8-10,12-16H,3H2,1-2H3/b6-4-,12-7?/t5-,8-,9-,10+/m1/s1. The Morgan fingerprint density at radius 3 is 2.32 bits per heavy atom. The highest BCUT2D eigenvalue weighted by Gasteiger charge is 2.46. The third-order valence-electron chi connectivity index (χ3n) is 2.85. The number of nitrogens with one attached hydrogen (secondary N) is 1. The molecule has 0 saturated carbocycles. The molecule has 1 aliphatic rings. The van der Waals surface area contributed by atoms with Gasteiger partial charge in [0.2, 0.25) is 0 Å². The van der Waals surface area contributed by atoms with Gasteiger partial charge >= 0.3 is 5.97 Å². The van der Waals surface area contributed by atoms with Crippen molar-refractivity contribution in [1.29, 1.82) is 5.41 Å². The summed E-state index contributed by atoms with van der Waals surface area (Å²) in [5, 5.41) is 45.4. The Hall–Kier alpha value is -1.48. The molecule has 1 rings (SSSR count). The Kier molecular flexibility index (Phi) is 5.01. The first-order valence-corrected chi connectivity index (χ1v) is 5.54. The van der Waals surface area contributed by atoms with Crippen LogP contribution >= 0.6 is 0 Å². The van der Waals surface area contributed by atoms with E-state index < -0.39 is 54.0 Å². The molecule has 0 amide bonds. The quantitative estimate of drug-likeness (QED) is 0.182. The van der Waals surface area contributed by atoms with Crippen molar-refractivity contribution in [3.63, 3.8) is 0 Å². The number of methoxy groups -OCH3 is 1. The summed E-state index contributed by atoms with van der Waals surface area (Å²) in [7, 11) is 1.08. The van der Waals surface area contributed by atoms with Gasteiger partial charge in [-0.2, -0.15) is 0 Å². The van der Waals surface area contributed by atoms with Crippen molar-refractivity contribution in [2.24, 2.45) is 0 Å². The van der Waals surface area contributed by atoms with Gasteiger partial charge in [-0.1, -0.05) is 0 Å². The highest BCUT2D eigenvalue weighted by molar-refractivity contribution is 6.20. The number of hydrogen-bond donors (Lipinski definition) is 5. The zero-order valence-electron chi connectivity index (χ0n) is 10.5. The lowest BCUT2D eigenvalue weighted by Crippen LogP contribution is -2.38. The monoisotopic (exact) mass is 275 g/mol. The fraction of sp³-hybridized carbons (Fsp3) is 0.636. The third-order valence-corrected chi connectivity index (χ3v) is 2.85. The van der Waals surface area contributed by atoms with Crippen LogP contribution in [0.15, 0.2) is 11.3 Å². The van der Waals surface area contributed by atoms with Crippen LogP contribution in [0.5, 0.6) is 0 Å². The van der Waals surface area contributed by atoms with Crippen LogP contribution in [-0.4, -0.2) is 70.2 Å². The Morgan fingerprint density at radius 1 is 1.37 bits per heavy atom. The Balaban J connectivity index is 3.00. The predicted molar refractivity (Wildman–Crippen MR) is 62.8 cm³/mol. The Bertz CT molecular complexity index is 402. The second-order valence-electron chi connectivity index (χ2n) is 4.12. The van der Waals surface area contributed by atoms with E-state index in [2.05, 4.69) is 4.74 Å². The zero-order chi connectivity index (χ0) is 14.7. The first kappa shape index (κ1) is 15.6. The summed E-state index contributed by atoms with van der Waals surface area (Å²) in [6.07, 6.45) is -5.25. The van der Waals surface area contributed by atoms with E-state index in [1.165, 1.54) is 6.92 Å². The largest absolute Gasteiger partial charge is 0.512 e. The number of esters is 1. The molecule has 0 aromatic rings. The molecule has 8 nitrogen and oxygen atoms in total. The van der Waals surface area contributed by atoms with Gasteiger partial charge in [0.25, 0.3) is 0 Å². The molecule has 5 N–H and O–H groups in total. The maximum Gasteiger partial charge on any atom is 0.343 e. The van der Waals surface area contributed by atoms with E-state index in [1.807, 2.05) is 0 Å². The second-order valence-corrected chi connectivity index (χ2v) is 4.12. The number of aliphatic hydroxyl groups is 4. The van der Waals surface area contributed by atoms with Crippen LogP contribution in [0.2, 0.25) is 0 Å². The molecule has 1 fully saturated rings. The van der Waals surface area contributed by atoms with Gasteiger partial charge in [-0.05, 0) is 6.92 Å². The van der Waals surface area contributed by atoms with Crippen LogP contribution in [0.1, 0.15) is 6.92 Å². The molecule has 1 aliphatic heterocycles. The maximum absolute atomic E-state index is 11.5. The third kappa shape index (κ3) is 2.92. The minimum absolute atomic E-state index is 0.447. The van der Waals surface area contributed by atoms with Crippen LogP contribution in [0.3, 0.4) is 0 Å². The van der Waals surface area contributed by atoms with Crippen molar-refractivity contribution >= 4 is 11.7 Å². The summed E-state index contributed by atoms with van der Waals surface area (Å²) in [6.45, 7) is 0.638. The predicted octanol–water partition coefficient (Wildman–Crippen LogP) is -1.51. The minimum Gasteiger partial charge on any atom is -0.512 e. The summed E-state index contributed by atoms with van der Waals surface area (Å²) >= 11 is 0. The molecule has 0 bridgehead atoms. The van der Waals surface area contributed by atoms with Crippen LogP contribution in [0.4, 0.5) is 0 Å². The average molecular weight is 275 g/mol. The van der Waals surface area contributed by atoms with E-state index in [4.69, 9.17) is 15.3 Å². The number of rotatable bonds is 4. The van der Waals surface area contributed by atoms with Crippen molar-refractivity contribution < 1.29 is 34.7 Å². The molecule has 0 aliphatic carbocycles. The summed E-state index contributed by atoms with van der Waals surface area (Å²) < 4.78 is 9.52. The number of allylic oxidation sites excluding steroid dienone is 1. The van der Waals surface area contributed by atoms with E-state index >= 15 is 0 Å². The first-order chi connectivity index (χ1) is 8.84. The normalized spacial score (nSPS) is 31.8. The second kappa shape index (κ2) is 6.11. The van der Waals surface area contributed by atoms with Gasteiger partial charge in [0.1, 0.15) is 35.7 Å². The van der Waals surface area contributed by atoms with E-state index in [1.54, 1.807) is 0 Å². The molecule has 0 unspecified atom stereocenters. The van der Waals surface area contributed by atoms with Gasteiger partial charge in [0.05, 0.1) is 19.4 Å². The molecule has 8 heteroatoms. The van der Waals surface area contributed by atoms with Crippen molar-refractivity contribution in [2.75, 3.05) is 13.7 Å². The van der Waals surface area contributed by atoms with Crippen molar-refractivity contribution in [3.05, 3.63) is 11.3 Å². The Morgan fingerprint density at radius 2 is 1.95 bits per heavy atom. The van der Waals surface area contributed by atoms with Crippen molar-refractivity contribution in [3.8, 4) is 0 Å². The lowest BCUT2D eigenvalue weighted by molar-refractivity contribution is -0.135. The van der Waals surface area contributed by atoms with Gasteiger partial charge in [-0.15, -0.1) is 0 Å². The van der Waals surface area contributed by atoms with Crippen LogP contribution in [-0.2, 0) is 14.3 Å². The van der Waals surface area contributed by atoms with Gasteiger partial charge in [0, 0.05) is 0 Å². The summed E-state index contributed by atoms with van der Waals surface area (Å²) in [6, 6.07) is 0. The average Bonchev–Trinajstić information content (AvgIpc) is 2.65. The van der Waals surface area contributed by atoms with Crippen LogP contribution in [0, 0.1) is 5.41 Å². The first-order valence-electron chi connectivity index (χ1n) is 5.54. The minimum atomic E-state index is -1.48.